The van der Waals surface area contributed by atoms with Gasteiger partial charge in [0.2, 0.25) is 0 Å². The van der Waals surface area contributed by atoms with Crippen molar-refractivity contribution in [1.29, 1.82) is 0 Å². The number of hydrogen-bond acceptors (Lipinski definition) is 3. The summed E-state index contributed by atoms with van der Waals surface area (Å²) in [5.74, 6) is 0.574. The van der Waals surface area contributed by atoms with Crippen LogP contribution in [0.5, 0.6) is 5.75 Å². The van der Waals surface area contributed by atoms with Gasteiger partial charge in [0, 0.05) is 27.6 Å². The second-order valence-electron chi connectivity index (χ2n) is 6.48. The normalized spacial score (nSPS) is 10.2. The third-order valence-electron chi connectivity index (χ3n) is 4.34. The van der Waals surface area contributed by atoms with E-state index in [-0.39, 0.29) is 5.91 Å². The number of carbonyl (C=O) groups excluding carboxylic acids is 1. The molecule has 5 nitrogen and oxygen atoms in total. The zero-order valence-electron chi connectivity index (χ0n) is 16.7. The molecule has 0 aliphatic heterocycles. The number of rotatable bonds is 6. The molecule has 0 atom stereocenters. The van der Waals surface area contributed by atoms with Gasteiger partial charge in [-0.1, -0.05) is 17.7 Å². The molecule has 0 saturated carbocycles. The number of halogens is 1. The van der Waals surface area contributed by atoms with Gasteiger partial charge in [-0.3, -0.25) is 4.79 Å². The number of nitrogens with one attached hydrogen (secondary N) is 3. The monoisotopic (exact) mass is 439 g/mol. The van der Waals surface area contributed by atoms with Crippen molar-refractivity contribution in [3.8, 4) is 5.75 Å². The summed E-state index contributed by atoms with van der Waals surface area (Å²) in [7, 11) is 0. The lowest BCUT2D eigenvalue weighted by Crippen LogP contribution is -2.19. The van der Waals surface area contributed by atoms with Crippen LogP contribution < -0.4 is 20.7 Å². The van der Waals surface area contributed by atoms with E-state index in [1.165, 1.54) is 0 Å². The summed E-state index contributed by atoms with van der Waals surface area (Å²) in [5.41, 5.74) is 3.77. The maximum absolute atomic E-state index is 12.5. The molecule has 0 spiro atoms. The summed E-state index contributed by atoms with van der Waals surface area (Å²) >= 11 is 11.5. The van der Waals surface area contributed by atoms with Crippen LogP contribution in [0.2, 0.25) is 5.02 Å². The molecule has 0 aliphatic rings. The Hall–Kier alpha value is -3.09. The van der Waals surface area contributed by atoms with Crippen molar-refractivity contribution in [2.45, 2.75) is 13.8 Å². The predicted octanol–water partition coefficient (Wildman–Crippen LogP) is 6.11. The van der Waals surface area contributed by atoms with E-state index in [1.807, 2.05) is 44.2 Å². The summed E-state index contributed by atoms with van der Waals surface area (Å²) < 4.78 is 5.40. The van der Waals surface area contributed by atoms with Gasteiger partial charge in [-0.25, -0.2) is 0 Å². The number of thiocarbonyl (C=S) groups is 1. The average Bonchev–Trinajstić information content (AvgIpc) is 2.73. The van der Waals surface area contributed by atoms with Gasteiger partial charge in [0.05, 0.1) is 6.61 Å². The Morgan fingerprint density at radius 3 is 2.23 bits per heavy atom. The smallest absolute Gasteiger partial charge is 0.255 e. The molecule has 3 aromatic carbocycles. The van der Waals surface area contributed by atoms with Gasteiger partial charge in [0.25, 0.3) is 5.91 Å². The first-order valence-electron chi connectivity index (χ1n) is 9.43. The number of carbonyl (C=O) groups is 1. The lowest BCUT2D eigenvalue weighted by atomic mass is 10.2. The van der Waals surface area contributed by atoms with Crippen LogP contribution in [0.1, 0.15) is 22.8 Å². The van der Waals surface area contributed by atoms with Crippen molar-refractivity contribution in [2.75, 3.05) is 22.6 Å². The van der Waals surface area contributed by atoms with Crippen molar-refractivity contribution in [3.05, 3.63) is 82.9 Å². The Morgan fingerprint density at radius 1 is 0.933 bits per heavy atom. The van der Waals surface area contributed by atoms with Crippen LogP contribution in [-0.4, -0.2) is 17.6 Å². The Morgan fingerprint density at radius 2 is 1.57 bits per heavy atom. The number of anilines is 3. The van der Waals surface area contributed by atoms with E-state index in [1.54, 1.807) is 36.4 Å². The van der Waals surface area contributed by atoms with Gasteiger partial charge in [-0.15, -0.1) is 0 Å². The molecule has 0 radical (unpaired) electrons. The van der Waals surface area contributed by atoms with Crippen molar-refractivity contribution < 1.29 is 9.53 Å². The Bertz CT molecular complexity index is 1040. The fourth-order valence-corrected chi connectivity index (χ4v) is 3.14. The van der Waals surface area contributed by atoms with Gasteiger partial charge in [0.15, 0.2) is 5.11 Å². The zero-order valence-corrected chi connectivity index (χ0v) is 18.2. The standard InChI is InChI=1S/C23H22ClN3O2S/c1-3-29-19-13-11-17(12-14-19)25-22(28)16-7-9-18(10-8-16)26-23(30)27-21-6-4-5-20(24)15(21)2/h4-14H,3H2,1-2H3,(H,25,28)(H2,26,27,30). The molecule has 0 aromatic heterocycles. The number of amides is 1. The third-order valence-corrected chi connectivity index (χ3v) is 4.96. The molecule has 3 aromatic rings. The maximum Gasteiger partial charge on any atom is 0.255 e. The van der Waals surface area contributed by atoms with Gasteiger partial charge in [-0.2, -0.15) is 0 Å². The molecular formula is C23H22ClN3O2S. The van der Waals surface area contributed by atoms with Crippen LogP contribution in [0.4, 0.5) is 17.1 Å². The minimum atomic E-state index is -0.194. The largest absolute Gasteiger partial charge is 0.494 e. The van der Waals surface area contributed by atoms with Crippen LogP contribution in [0.25, 0.3) is 0 Å². The van der Waals surface area contributed by atoms with Crippen LogP contribution in [0.15, 0.2) is 66.7 Å². The average molecular weight is 440 g/mol. The minimum Gasteiger partial charge on any atom is -0.494 e. The van der Waals surface area contributed by atoms with Crippen molar-refractivity contribution in [3.63, 3.8) is 0 Å². The van der Waals surface area contributed by atoms with E-state index in [9.17, 15) is 4.79 Å². The van der Waals surface area contributed by atoms with Gasteiger partial charge < -0.3 is 20.7 Å². The Labute approximate surface area is 186 Å². The fourth-order valence-electron chi connectivity index (χ4n) is 2.74. The quantitative estimate of drug-likeness (QED) is 0.404. The molecule has 154 valence electrons. The highest BCUT2D eigenvalue weighted by molar-refractivity contribution is 7.80. The van der Waals surface area contributed by atoms with Crippen molar-refractivity contribution in [1.82, 2.24) is 0 Å². The summed E-state index contributed by atoms with van der Waals surface area (Å²) in [5, 5.41) is 10.2. The molecule has 30 heavy (non-hydrogen) atoms. The Balaban J connectivity index is 1.58. The van der Waals surface area contributed by atoms with Crippen LogP contribution >= 0.6 is 23.8 Å². The summed E-state index contributed by atoms with van der Waals surface area (Å²) in [6.45, 7) is 4.45. The summed E-state index contributed by atoms with van der Waals surface area (Å²) in [4.78, 5) is 12.5. The fraction of sp³-hybridized carbons (Fsp3) is 0.130. The molecule has 0 saturated heterocycles. The molecule has 0 aliphatic carbocycles. The maximum atomic E-state index is 12.5. The lowest BCUT2D eigenvalue weighted by Gasteiger charge is -2.13. The first kappa shape index (κ1) is 21.6. The molecule has 0 bridgehead atoms. The number of hydrogen-bond donors (Lipinski definition) is 3. The third kappa shape index (κ3) is 5.72. The Kier molecular flexibility index (Phi) is 7.27. The molecule has 3 N–H and O–H groups in total. The van der Waals surface area contributed by atoms with Crippen LogP contribution in [-0.2, 0) is 0 Å². The molecule has 0 unspecified atom stereocenters. The molecule has 3 rings (SSSR count). The summed E-state index contributed by atoms with van der Waals surface area (Å²) in [6, 6.07) is 19.9. The first-order chi connectivity index (χ1) is 14.5. The first-order valence-corrected chi connectivity index (χ1v) is 10.2. The van der Waals surface area contributed by atoms with Crippen LogP contribution in [0.3, 0.4) is 0 Å². The molecule has 0 fully saturated rings. The van der Waals surface area contributed by atoms with E-state index < -0.39 is 0 Å². The van der Waals surface area contributed by atoms with Crippen LogP contribution in [0, 0.1) is 6.92 Å². The van der Waals surface area contributed by atoms with E-state index in [2.05, 4.69) is 16.0 Å². The van der Waals surface area contributed by atoms with E-state index in [0.717, 1.165) is 22.7 Å². The molecule has 7 heteroatoms. The number of ether oxygens (including phenoxy) is 1. The highest BCUT2D eigenvalue weighted by Crippen LogP contribution is 2.23. The van der Waals surface area contributed by atoms with E-state index in [4.69, 9.17) is 28.6 Å². The SMILES string of the molecule is CCOc1ccc(NC(=O)c2ccc(NC(=S)Nc3cccc(Cl)c3C)cc2)cc1. The lowest BCUT2D eigenvalue weighted by molar-refractivity contribution is 0.102. The highest BCUT2D eigenvalue weighted by atomic mass is 35.5. The molecule has 1 amide bonds. The van der Waals surface area contributed by atoms with Crippen molar-refractivity contribution >= 4 is 51.9 Å². The second kappa shape index (κ2) is 10.1. The second-order valence-corrected chi connectivity index (χ2v) is 7.30. The predicted molar refractivity (Wildman–Crippen MR) is 128 cm³/mol. The molecule has 0 heterocycles. The highest BCUT2D eigenvalue weighted by Gasteiger charge is 2.08. The van der Waals surface area contributed by atoms with Crippen molar-refractivity contribution in [2.24, 2.45) is 0 Å². The number of benzene rings is 3. The minimum absolute atomic E-state index is 0.194. The van der Waals surface area contributed by atoms with E-state index >= 15 is 0 Å². The van der Waals surface area contributed by atoms with Gasteiger partial charge >= 0.3 is 0 Å². The molecular weight excluding hydrogens is 418 g/mol. The summed E-state index contributed by atoms with van der Waals surface area (Å²) in [6.07, 6.45) is 0. The van der Waals surface area contributed by atoms with Gasteiger partial charge in [0.1, 0.15) is 5.75 Å². The topological polar surface area (TPSA) is 62.4 Å². The van der Waals surface area contributed by atoms with E-state index in [0.29, 0.717) is 28.0 Å². The zero-order chi connectivity index (χ0) is 21.5. The van der Waals surface area contributed by atoms with Gasteiger partial charge in [-0.05, 0) is 92.3 Å².